The molecule has 0 radical (unpaired) electrons. The maximum Gasteiger partial charge on any atom is 0.228 e. The molecule has 0 amide bonds. The second-order valence-electron chi connectivity index (χ2n) is 5.77. The third-order valence-corrected chi connectivity index (χ3v) is 6.88. The molecule has 0 aliphatic rings. The quantitative estimate of drug-likeness (QED) is 0.540. The highest BCUT2D eigenvalue weighted by molar-refractivity contribution is 8.00. The number of aromatic nitrogens is 1. The predicted molar refractivity (Wildman–Crippen MR) is 99.4 cm³/mol. The monoisotopic (exact) mass is 391 g/mol. The maximum absolute atomic E-state index is 13.2. The van der Waals surface area contributed by atoms with Crippen LogP contribution in [0.3, 0.4) is 0 Å². The lowest BCUT2D eigenvalue weighted by Gasteiger charge is -2.07. The van der Waals surface area contributed by atoms with Crippen molar-refractivity contribution in [2.75, 3.05) is 0 Å². The molecule has 0 bridgehead atoms. The molecule has 136 valence electrons. The molecule has 1 atom stereocenters. The fourth-order valence-corrected chi connectivity index (χ4v) is 4.71. The van der Waals surface area contributed by atoms with Crippen molar-refractivity contribution in [1.29, 1.82) is 0 Å². The molecule has 1 heterocycles. The van der Waals surface area contributed by atoms with Crippen molar-refractivity contribution >= 4 is 21.6 Å². The fourth-order valence-electron chi connectivity index (χ4n) is 2.23. The summed E-state index contributed by atoms with van der Waals surface area (Å²) in [4.78, 5) is 4.40. The maximum atomic E-state index is 13.2. The van der Waals surface area contributed by atoms with Crippen LogP contribution in [0.25, 0.3) is 11.5 Å². The summed E-state index contributed by atoms with van der Waals surface area (Å²) >= 11 is 1.33. The summed E-state index contributed by atoms with van der Waals surface area (Å²) in [5, 5.41) is 0.310. The van der Waals surface area contributed by atoms with E-state index < -0.39 is 9.84 Å². The molecular weight excluding hydrogens is 373 g/mol. The molecule has 0 N–H and O–H groups in total. The van der Waals surface area contributed by atoms with E-state index in [-0.39, 0.29) is 32.0 Å². The Kier molecular flexibility index (Phi) is 5.48. The van der Waals surface area contributed by atoms with Gasteiger partial charge in [0.15, 0.2) is 0 Å². The summed E-state index contributed by atoms with van der Waals surface area (Å²) < 4.78 is 45.0. The van der Waals surface area contributed by atoms with E-state index in [0.29, 0.717) is 5.56 Å². The molecule has 0 saturated heterocycles. The Balaban J connectivity index is 2.12. The summed E-state index contributed by atoms with van der Waals surface area (Å²) in [5.74, 6) is -0.225. The lowest BCUT2D eigenvalue weighted by molar-refractivity contribution is 0.469. The average molecular weight is 391 g/mol. The first-order valence-corrected chi connectivity index (χ1v) is 10.5. The molecule has 0 spiro atoms. The zero-order valence-corrected chi connectivity index (χ0v) is 16.0. The van der Waals surface area contributed by atoms with Crippen LogP contribution in [0.2, 0.25) is 0 Å². The highest BCUT2D eigenvalue weighted by atomic mass is 32.2. The van der Waals surface area contributed by atoms with Gasteiger partial charge in [-0.1, -0.05) is 43.8 Å². The number of thioether (sulfide) groups is 1. The molecule has 2 aromatic carbocycles. The number of halogens is 1. The van der Waals surface area contributed by atoms with Crippen LogP contribution >= 0.6 is 11.8 Å². The molecule has 0 unspecified atom stereocenters. The minimum absolute atomic E-state index is 0.103. The zero-order valence-electron chi connectivity index (χ0n) is 14.3. The lowest BCUT2D eigenvalue weighted by Crippen LogP contribution is -2.04. The third kappa shape index (κ3) is 3.83. The van der Waals surface area contributed by atoms with Gasteiger partial charge in [0.25, 0.3) is 0 Å². The minimum Gasteiger partial charge on any atom is -0.428 e. The van der Waals surface area contributed by atoms with Crippen molar-refractivity contribution in [2.45, 2.75) is 40.5 Å². The first-order valence-electron chi connectivity index (χ1n) is 8.15. The van der Waals surface area contributed by atoms with Gasteiger partial charge < -0.3 is 4.42 Å². The number of rotatable bonds is 6. The van der Waals surface area contributed by atoms with Crippen LogP contribution in [0, 0.1) is 5.82 Å². The van der Waals surface area contributed by atoms with Crippen LogP contribution in [0.1, 0.15) is 20.3 Å². The van der Waals surface area contributed by atoms with Gasteiger partial charge in [0.05, 0.1) is 4.90 Å². The summed E-state index contributed by atoms with van der Waals surface area (Å²) in [6.45, 7) is 4.00. The Bertz CT molecular complexity index is 983. The number of benzene rings is 2. The Labute approximate surface area is 156 Å². The van der Waals surface area contributed by atoms with E-state index >= 15 is 0 Å². The van der Waals surface area contributed by atoms with Gasteiger partial charge in [-0.15, -0.1) is 0 Å². The van der Waals surface area contributed by atoms with Crippen molar-refractivity contribution in [3.8, 4) is 11.5 Å². The third-order valence-electron chi connectivity index (χ3n) is 3.85. The molecule has 3 aromatic rings. The standard InChI is InChI=1S/C19H18FNO3S2/c1-3-13(2)25-19-18(26(22,23)16-7-5-4-6-8-16)21-17(24-19)14-9-11-15(20)12-10-14/h4-13H,3H2,1-2H3/t13-/m1/s1. The van der Waals surface area contributed by atoms with Crippen LogP contribution < -0.4 is 0 Å². The van der Waals surface area contributed by atoms with Crippen molar-refractivity contribution < 1.29 is 17.2 Å². The first kappa shape index (κ1) is 18.7. The Morgan fingerprint density at radius 3 is 2.38 bits per heavy atom. The first-order chi connectivity index (χ1) is 12.4. The molecule has 0 saturated carbocycles. The van der Waals surface area contributed by atoms with Crippen molar-refractivity contribution in [1.82, 2.24) is 4.98 Å². The highest BCUT2D eigenvalue weighted by Crippen LogP contribution is 2.37. The van der Waals surface area contributed by atoms with Gasteiger partial charge in [-0.25, -0.2) is 12.8 Å². The van der Waals surface area contributed by atoms with Crippen LogP contribution in [0.15, 0.2) is 74.0 Å². The van der Waals surface area contributed by atoms with E-state index in [1.165, 1.54) is 48.2 Å². The van der Waals surface area contributed by atoms with Crippen LogP contribution in [0.4, 0.5) is 4.39 Å². The molecule has 0 aliphatic carbocycles. The van der Waals surface area contributed by atoms with E-state index in [2.05, 4.69) is 4.98 Å². The smallest absolute Gasteiger partial charge is 0.228 e. The zero-order chi connectivity index (χ0) is 18.7. The predicted octanol–water partition coefficient (Wildman–Crippen LogP) is 5.20. The highest BCUT2D eigenvalue weighted by Gasteiger charge is 2.29. The average Bonchev–Trinajstić information content (AvgIpc) is 3.07. The van der Waals surface area contributed by atoms with Crippen molar-refractivity contribution in [3.63, 3.8) is 0 Å². The van der Waals surface area contributed by atoms with E-state index in [0.717, 1.165) is 6.42 Å². The van der Waals surface area contributed by atoms with Gasteiger partial charge in [-0.2, -0.15) is 4.98 Å². The van der Waals surface area contributed by atoms with Gasteiger partial charge in [-0.05, 0) is 42.8 Å². The minimum atomic E-state index is -3.82. The number of hydrogen-bond donors (Lipinski definition) is 0. The summed E-state index contributed by atoms with van der Waals surface area (Å²) in [7, 11) is -3.82. The summed E-state index contributed by atoms with van der Waals surface area (Å²) in [5.41, 5.74) is 0.520. The van der Waals surface area contributed by atoms with Crippen LogP contribution in [0.5, 0.6) is 0 Å². The molecule has 1 aromatic heterocycles. The Hall–Kier alpha value is -2.12. The van der Waals surface area contributed by atoms with Crippen LogP contribution in [-0.2, 0) is 9.84 Å². The normalized spacial score (nSPS) is 12.9. The molecule has 3 rings (SSSR count). The number of nitrogens with zero attached hydrogens (tertiary/aromatic N) is 1. The Morgan fingerprint density at radius 2 is 1.77 bits per heavy atom. The number of hydrogen-bond acceptors (Lipinski definition) is 5. The SMILES string of the molecule is CC[C@@H](C)Sc1oc(-c2ccc(F)cc2)nc1S(=O)(=O)c1ccccc1. The molecule has 0 fully saturated rings. The van der Waals surface area contributed by atoms with Crippen molar-refractivity contribution in [3.05, 3.63) is 60.4 Å². The molecule has 7 heteroatoms. The molecule has 26 heavy (non-hydrogen) atoms. The summed E-state index contributed by atoms with van der Waals surface area (Å²) in [6, 6.07) is 13.7. The van der Waals surface area contributed by atoms with Crippen LogP contribution in [-0.4, -0.2) is 18.7 Å². The second-order valence-corrected chi connectivity index (χ2v) is 9.05. The number of sulfone groups is 1. The van der Waals surface area contributed by atoms with Gasteiger partial charge in [0, 0.05) is 10.8 Å². The van der Waals surface area contributed by atoms with E-state index in [1.54, 1.807) is 18.2 Å². The van der Waals surface area contributed by atoms with Gasteiger partial charge >= 0.3 is 0 Å². The summed E-state index contributed by atoms with van der Waals surface area (Å²) in [6.07, 6.45) is 0.849. The largest absolute Gasteiger partial charge is 0.428 e. The second kappa shape index (κ2) is 7.63. The van der Waals surface area contributed by atoms with Gasteiger partial charge in [0.2, 0.25) is 25.8 Å². The van der Waals surface area contributed by atoms with E-state index in [1.807, 2.05) is 13.8 Å². The molecular formula is C19H18FNO3S2. The van der Waals surface area contributed by atoms with E-state index in [4.69, 9.17) is 4.42 Å². The molecule has 0 aliphatic heterocycles. The molecule has 4 nitrogen and oxygen atoms in total. The van der Waals surface area contributed by atoms with Crippen molar-refractivity contribution in [2.24, 2.45) is 0 Å². The van der Waals surface area contributed by atoms with E-state index in [9.17, 15) is 12.8 Å². The Morgan fingerprint density at radius 1 is 1.12 bits per heavy atom. The lowest BCUT2D eigenvalue weighted by atomic mass is 10.2. The fraction of sp³-hybridized carbons (Fsp3) is 0.211. The van der Waals surface area contributed by atoms with Gasteiger partial charge in [-0.3, -0.25) is 0 Å². The van der Waals surface area contributed by atoms with Gasteiger partial charge in [0.1, 0.15) is 5.82 Å². The number of oxazole rings is 1. The topological polar surface area (TPSA) is 60.2 Å².